The van der Waals surface area contributed by atoms with Gasteiger partial charge in [0.2, 0.25) is 0 Å². The van der Waals surface area contributed by atoms with Crippen LogP contribution in [-0.4, -0.2) is 27.1 Å². The molecule has 1 amide bonds. The average molecular weight is 411 g/mol. The van der Waals surface area contributed by atoms with Crippen molar-refractivity contribution in [1.29, 1.82) is 0 Å². The Balaban J connectivity index is 1.81. The second-order valence-electron chi connectivity index (χ2n) is 5.97. The van der Waals surface area contributed by atoms with Crippen molar-refractivity contribution in [2.75, 3.05) is 10.8 Å². The number of carbonyl (C=O) groups is 1. The Labute approximate surface area is 168 Å². The smallest absolute Gasteiger partial charge is 0.264 e. The molecule has 29 heavy (non-hydrogen) atoms. The van der Waals surface area contributed by atoms with Crippen molar-refractivity contribution < 1.29 is 17.6 Å². The van der Waals surface area contributed by atoms with E-state index in [-0.39, 0.29) is 10.5 Å². The highest BCUT2D eigenvalue weighted by Crippen LogP contribution is 2.23. The summed E-state index contributed by atoms with van der Waals surface area (Å²) in [5.74, 6) is -1.15. The number of anilines is 1. The van der Waals surface area contributed by atoms with Gasteiger partial charge in [-0.05, 0) is 30.3 Å². The molecule has 148 valence electrons. The van der Waals surface area contributed by atoms with Gasteiger partial charge in [-0.1, -0.05) is 54.6 Å². The predicted molar refractivity (Wildman–Crippen MR) is 110 cm³/mol. The first kappa shape index (κ1) is 20.2. The molecule has 0 fully saturated rings. The SMILES string of the molecule is O=C(CN(c1ccccc1)S(=O)(=O)c1ccccc1)N/N=C/c1ccccc1F. The average Bonchev–Trinajstić information content (AvgIpc) is 2.74. The van der Waals surface area contributed by atoms with Crippen LogP contribution < -0.4 is 9.73 Å². The fourth-order valence-electron chi connectivity index (χ4n) is 2.55. The molecule has 0 saturated heterocycles. The molecule has 3 rings (SSSR count). The first-order valence-electron chi connectivity index (χ1n) is 8.68. The van der Waals surface area contributed by atoms with Crippen molar-refractivity contribution in [3.05, 3.63) is 96.3 Å². The van der Waals surface area contributed by atoms with Crippen LogP contribution in [0, 0.1) is 5.82 Å². The van der Waals surface area contributed by atoms with E-state index in [1.807, 2.05) is 0 Å². The van der Waals surface area contributed by atoms with Crippen molar-refractivity contribution in [2.45, 2.75) is 4.90 Å². The highest BCUT2D eigenvalue weighted by atomic mass is 32.2. The molecule has 0 bridgehead atoms. The van der Waals surface area contributed by atoms with Gasteiger partial charge in [0.1, 0.15) is 12.4 Å². The summed E-state index contributed by atoms with van der Waals surface area (Å²) >= 11 is 0. The Morgan fingerprint density at radius 3 is 2.17 bits per heavy atom. The van der Waals surface area contributed by atoms with Gasteiger partial charge in [0, 0.05) is 5.56 Å². The van der Waals surface area contributed by atoms with Crippen LogP contribution >= 0.6 is 0 Å². The Morgan fingerprint density at radius 1 is 0.931 bits per heavy atom. The Hall–Kier alpha value is -3.52. The normalized spacial score (nSPS) is 11.3. The molecule has 0 radical (unpaired) electrons. The highest BCUT2D eigenvalue weighted by molar-refractivity contribution is 7.92. The first-order valence-corrected chi connectivity index (χ1v) is 10.1. The number of carbonyl (C=O) groups excluding carboxylic acids is 1. The van der Waals surface area contributed by atoms with Gasteiger partial charge in [0.15, 0.2) is 0 Å². The first-order chi connectivity index (χ1) is 14.0. The number of sulfonamides is 1. The molecule has 0 unspecified atom stereocenters. The van der Waals surface area contributed by atoms with Crippen LogP contribution in [0.4, 0.5) is 10.1 Å². The number of nitrogens with one attached hydrogen (secondary N) is 1. The van der Waals surface area contributed by atoms with Crippen LogP contribution in [0.15, 0.2) is 94.9 Å². The lowest BCUT2D eigenvalue weighted by Crippen LogP contribution is -2.39. The van der Waals surface area contributed by atoms with E-state index in [9.17, 15) is 17.6 Å². The zero-order valence-corrected chi connectivity index (χ0v) is 16.1. The van der Waals surface area contributed by atoms with E-state index in [2.05, 4.69) is 10.5 Å². The lowest BCUT2D eigenvalue weighted by Gasteiger charge is -2.23. The minimum absolute atomic E-state index is 0.0616. The lowest BCUT2D eigenvalue weighted by molar-refractivity contribution is -0.119. The number of hydrogen-bond donors (Lipinski definition) is 1. The molecule has 6 nitrogen and oxygen atoms in total. The largest absolute Gasteiger partial charge is 0.271 e. The van der Waals surface area contributed by atoms with Gasteiger partial charge in [-0.3, -0.25) is 9.10 Å². The standard InChI is InChI=1S/C21H18FN3O3S/c22-20-14-8-7-9-17(20)15-23-24-21(26)16-25(18-10-3-1-4-11-18)29(27,28)19-12-5-2-6-13-19/h1-15H,16H2,(H,24,26)/b23-15+. The lowest BCUT2D eigenvalue weighted by atomic mass is 10.2. The highest BCUT2D eigenvalue weighted by Gasteiger charge is 2.26. The van der Waals surface area contributed by atoms with Crippen LogP contribution in [0.3, 0.4) is 0 Å². The van der Waals surface area contributed by atoms with Gasteiger partial charge in [-0.15, -0.1) is 0 Å². The summed E-state index contributed by atoms with van der Waals surface area (Å²) in [6.07, 6.45) is 1.16. The summed E-state index contributed by atoms with van der Waals surface area (Å²) in [5, 5.41) is 3.72. The second kappa shape index (κ2) is 9.11. The Bertz CT molecular complexity index is 1100. The molecule has 0 aliphatic rings. The number of para-hydroxylation sites is 1. The quantitative estimate of drug-likeness (QED) is 0.479. The number of hydrogen-bond acceptors (Lipinski definition) is 4. The van der Waals surface area contributed by atoms with Crippen molar-refractivity contribution in [2.24, 2.45) is 5.10 Å². The van der Waals surface area contributed by atoms with Gasteiger partial charge in [0.05, 0.1) is 16.8 Å². The van der Waals surface area contributed by atoms with Crippen molar-refractivity contribution in [3.63, 3.8) is 0 Å². The number of nitrogens with zero attached hydrogens (tertiary/aromatic N) is 2. The van der Waals surface area contributed by atoms with Crippen LogP contribution in [0.5, 0.6) is 0 Å². The maximum atomic E-state index is 13.6. The van der Waals surface area contributed by atoms with Gasteiger partial charge in [-0.2, -0.15) is 5.10 Å². The molecule has 0 aliphatic carbocycles. The maximum absolute atomic E-state index is 13.6. The zero-order valence-electron chi connectivity index (χ0n) is 15.3. The molecule has 1 N–H and O–H groups in total. The third-order valence-electron chi connectivity index (χ3n) is 3.96. The number of hydrazone groups is 1. The van der Waals surface area contributed by atoms with E-state index in [0.717, 1.165) is 10.5 Å². The van der Waals surface area contributed by atoms with Crippen LogP contribution in [0.2, 0.25) is 0 Å². The third-order valence-corrected chi connectivity index (χ3v) is 5.75. The molecule has 8 heteroatoms. The van der Waals surface area contributed by atoms with E-state index < -0.39 is 28.3 Å². The van der Waals surface area contributed by atoms with Crippen LogP contribution in [0.1, 0.15) is 5.56 Å². The van der Waals surface area contributed by atoms with E-state index in [0.29, 0.717) is 5.69 Å². The summed E-state index contributed by atoms with van der Waals surface area (Å²) in [4.78, 5) is 12.4. The number of benzene rings is 3. The number of rotatable bonds is 7. The molecular weight excluding hydrogens is 393 g/mol. The van der Waals surface area contributed by atoms with E-state index in [4.69, 9.17) is 0 Å². The molecule has 3 aromatic carbocycles. The Morgan fingerprint density at radius 2 is 1.52 bits per heavy atom. The molecule has 0 spiro atoms. The number of amides is 1. The zero-order chi connectivity index (χ0) is 20.7. The van der Waals surface area contributed by atoms with Gasteiger partial charge < -0.3 is 0 Å². The molecule has 0 aromatic heterocycles. The van der Waals surface area contributed by atoms with E-state index in [1.54, 1.807) is 54.6 Å². The van der Waals surface area contributed by atoms with Crippen LogP contribution in [-0.2, 0) is 14.8 Å². The van der Waals surface area contributed by atoms with Crippen molar-refractivity contribution >= 4 is 27.8 Å². The molecular formula is C21H18FN3O3S. The van der Waals surface area contributed by atoms with Gasteiger partial charge >= 0.3 is 0 Å². The summed E-state index contributed by atoms with van der Waals surface area (Å²) < 4.78 is 40.7. The summed E-state index contributed by atoms with van der Waals surface area (Å²) in [5.41, 5.74) is 2.78. The van der Waals surface area contributed by atoms with E-state index in [1.165, 1.54) is 30.3 Å². The Kier molecular flexibility index (Phi) is 6.36. The minimum atomic E-state index is -3.97. The molecule has 0 heterocycles. The summed E-state index contributed by atoms with van der Waals surface area (Å²) in [6.45, 7) is -0.490. The fraction of sp³-hybridized carbons (Fsp3) is 0.0476. The third kappa shape index (κ3) is 5.05. The molecule has 0 aliphatic heterocycles. The van der Waals surface area contributed by atoms with Crippen molar-refractivity contribution in [1.82, 2.24) is 5.43 Å². The summed E-state index contributed by atoms with van der Waals surface area (Å²) in [7, 11) is -3.97. The van der Waals surface area contributed by atoms with Crippen molar-refractivity contribution in [3.8, 4) is 0 Å². The molecule has 3 aromatic rings. The minimum Gasteiger partial charge on any atom is -0.271 e. The topological polar surface area (TPSA) is 78.8 Å². The predicted octanol–water partition coefficient (Wildman–Crippen LogP) is 3.17. The maximum Gasteiger partial charge on any atom is 0.264 e. The van der Waals surface area contributed by atoms with E-state index >= 15 is 0 Å². The fourth-order valence-corrected chi connectivity index (χ4v) is 3.99. The number of halogens is 1. The second-order valence-corrected chi connectivity index (χ2v) is 7.84. The molecule has 0 saturated carbocycles. The summed E-state index contributed by atoms with van der Waals surface area (Å²) in [6, 6.07) is 22.1. The van der Waals surface area contributed by atoms with Gasteiger partial charge in [0.25, 0.3) is 15.9 Å². The van der Waals surface area contributed by atoms with Gasteiger partial charge in [-0.25, -0.2) is 18.2 Å². The van der Waals surface area contributed by atoms with Crippen LogP contribution in [0.25, 0.3) is 0 Å². The molecule has 0 atom stereocenters. The monoisotopic (exact) mass is 411 g/mol.